The van der Waals surface area contributed by atoms with Gasteiger partial charge in [0, 0.05) is 6.04 Å². The Morgan fingerprint density at radius 2 is 2.07 bits per heavy atom. The van der Waals surface area contributed by atoms with Crippen LogP contribution >= 0.6 is 0 Å². The zero-order valence-corrected chi connectivity index (χ0v) is 9.78. The first-order valence-corrected chi connectivity index (χ1v) is 6.73. The Labute approximate surface area is 93.3 Å². The van der Waals surface area contributed by atoms with Gasteiger partial charge in [-0.15, -0.1) is 0 Å². The maximum atomic E-state index is 3.80. The molecule has 2 fully saturated rings. The fraction of sp³-hybridized carbons (Fsp3) is 0.857. The van der Waals surface area contributed by atoms with E-state index in [1.54, 1.807) is 0 Å². The molecule has 0 amide bonds. The minimum absolute atomic E-state index is 0.836. The summed E-state index contributed by atoms with van der Waals surface area (Å²) in [6.07, 6.45) is 12.1. The number of hydrogen-bond donors (Lipinski definition) is 1. The third-order valence-corrected chi connectivity index (χ3v) is 4.78. The Kier molecular flexibility index (Phi) is 2.59. The van der Waals surface area contributed by atoms with Crippen molar-refractivity contribution < 1.29 is 0 Å². The van der Waals surface area contributed by atoms with E-state index < -0.39 is 0 Å². The van der Waals surface area contributed by atoms with Gasteiger partial charge in [0.1, 0.15) is 0 Å². The van der Waals surface area contributed by atoms with Gasteiger partial charge in [-0.1, -0.05) is 19.1 Å². The molecule has 3 rings (SSSR count). The van der Waals surface area contributed by atoms with Crippen molar-refractivity contribution in [1.29, 1.82) is 0 Å². The van der Waals surface area contributed by atoms with E-state index in [0.717, 1.165) is 29.7 Å². The van der Waals surface area contributed by atoms with Crippen molar-refractivity contribution in [3.05, 3.63) is 12.2 Å². The number of allylic oxidation sites excluding steroid dienone is 2. The van der Waals surface area contributed by atoms with Gasteiger partial charge in [0.05, 0.1) is 0 Å². The van der Waals surface area contributed by atoms with E-state index in [2.05, 4.69) is 24.4 Å². The first-order valence-electron chi connectivity index (χ1n) is 6.73. The predicted molar refractivity (Wildman–Crippen MR) is 63.6 cm³/mol. The highest BCUT2D eigenvalue weighted by atomic mass is 14.9. The highest BCUT2D eigenvalue weighted by molar-refractivity contribution is 5.10. The molecule has 0 aromatic carbocycles. The molecule has 0 heterocycles. The third-order valence-electron chi connectivity index (χ3n) is 4.78. The molecule has 0 spiro atoms. The van der Waals surface area contributed by atoms with Crippen LogP contribution in [0.3, 0.4) is 0 Å². The predicted octanol–water partition coefficient (Wildman–Crippen LogP) is 2.98. The summed E-state index contributed by atoms with van der Waals surface area (Å²) < 4.78 is 0. The molecule has 0 aromatic heterocycles. The van der Waals surface area contributed by atoms with Crippen molar-refractivity contribution in [3.63, 3.8) is 0 Å². The molecule has 1 heteroatoms. The molecule has 5 atom stereocenters. The van der Waals surface area contributed by atoms with Crippen molar-refractivity contribution in [2.45, 2.75) is 45.1 Å². The van der Waals surface area contributed by atoms with Crippen molar-refractivity contribution in [2.24, 2.45) is 23.7 Å². The second-order valence-electron chi connectivity index (χ2n) is 6.06. The van der Waals surface area contributed by atoms with Gasteiger partial charge >= 0.3 is 0 Å². The zero-order chi connectivity index (χ0) is 10.3. The van der Waals surface area contributed by atoms with Crippen LogP contribution in [0.2, 0.25) is 0 Å². The molecule has 3 aliphatic carbocycles. The van der Waals surface area contributed by atoms with E-state index in [9.17, 15) is 0 Å². The average molecular weight is 205 g/mol. The molecule has 0 aromatic rings. The third kappa shape index (κ3) is 1.99. The van der Waals surface area contributed by atoms with Gasteiger partial charge in [-0.05, 0) is 62.3 Å². The van der Waals surface area contributed by atoms with Crippen LogP contribution in [-0.4, -0.2) is 12.6 Å². The first kappa shape index (κ1) is 9.89. The second kappa shape index (κ2) is 3.93. The van der Waals surface area contributed by atoms with Gasteiger partial charge in [-0.25, -0.2) is 0 Å². The Morgan fingerprint density at radius 1 is 1.13 bits per heavy atom. The van der Waals surface area contributed by atoms with E-state index in [1.807, 2.05) is 0 Å². The van der Waals surface area contributed by atoms with Gasteiger partial charge in [-0.3, -0.25) is 0 Å². The topological polar surface area (TPSA) is 12.0 Å². The Morgan fingerprint density at radius 3 is 2.67 bits per heavy atom. The lowest BCUT2D eigenvalue weighted by Crippen LogP contribution is -2.32. The molecular weight excluding hydrogens is 182 g/mol. The molecule has 2 bridgehead atoms. The number of fused-ring (bicyclic) bond motifs is 2. The molecule has 5 unspecified atom stereocenters. The summed E-state index contributed by atoms with van der Waals surface area (Å²) in [6.45, 7) is 3.67. The van der Waals surface area contributed by atoms with Crippen molar-refractivity contribution in [1.82, 2.24) is 5.32 Å². The molecule has 2 saturated carbocycles. The van der Waals surface area contributed by atoms with Gasteiger partial charge in [-0.2, -0.15) is 0 Å². The fourth-order valence-corrected chi connectivity index (χ4v) is 3.84. The first-order chi connectivity index (χ1) is 7.31. The molecule has 0 saturated heterocycles. The lowest BCUT2D eigenvalue weighted by atomic mass is 9.93. The van der Waals surface area contributed by atoms with Crippen molar-refractivity contribution >= 4 is 0 Å². The summed E-state index contributed by atoms with van der Waals surface area (Å²) >= 11 is 0. The van der Waals surface area contributed by atoms with Crippen molar-refractivity contribution in [2.75, 3.05) is 6.54 Å². The number of rotatable bonds is 3. The van der Waals surface area contributed by atoms with Crippen LogP contribution in [0.5, 0.6) is 0 Å². The molecule has 3 aliphatic rings. The van der Waals surface area contributed by atoms with Crippen LogP contribution in [0.25, 0.3) is 0 Å². The van der Waals surface area contributed by atoms with Crippen LogP contribution in [0.1, 0.15) is 39.0 Å². The lowest BCUT2D eigenvalue weighted by molar-refractivity contribution is 0.380. The van der Waals surface area contributed by atoms with Crippen LogP contribution in [-0.2, 0) is 0 Å². The second-order valence-corrected chi connectivity index (χ2v) is 6.06. The lowest BCUT2D eigenvalue weighted by Gasteiger charge is -2.21. The Bertz CT molecular complexity index is 258. The Balaban J connectivity index is 1.45. The molecular formula is C14H23N. The summed E-state index contributed by atoms with van der Waals surface area (Å²) in [5, 5.41) is 3.80. The summed E-state index contributed by atoms with van der Waals surface area (Å²) in [7, 11) is 0. The van der Waals surface area contributed by atoms with Crippen LogP contribution in [0.4, 0.5) is 0 Å². The largest absolute Gasteiger partial charge is 0.314 e. The number of nitrogens with one attached hydrogen (secondary N) is 1. The van der Waals surface area contributed by atoms with Gasteiger partial charge in [0.2, 0.25) is 0 Å². The summed E-state index contributed by atoms with van der Waals surface area (Å²) in [4.78, 5) is 0. The van der Waals surface area contributed by atoms with Gasteiger partial charge in [0.25, 0.3) is 0 Å². The van der Waals surface area contributed by atoms with E-state index in [4.69, 9.17) is 0 Å². The van der Waals surface area contributed by atoms with Crippen LogP contribution < -0.4 is 5.32 Å². The van der Waals surface area contributed by atoms with E-state index in [0.29, 0.717) is 0 Å². The standard InChI is InChI=1S/C14H23N/c1-10-2-5-14(6-10)15-9-13-8-11-3-4-12(13)7-11/h3-4,10-15H,2,5-9H2,1H3. The highest BCUT2D eigenvalue weighted by Gasteiger charge is 2.35. The quantitative estimate of drug-likeness (QED) is 0.698. The SMILES string of the molecule is CC1CCC(NCC2CC3C=CC2C3)C1. The van der Waals surface area contributed by atoms with E-state index in [-0.39, 0.29) is 0 Å². The molecule has 84 valence electrons. The zero-order valence-electron chi connectivity index (χ0n) is 9.78. The molecule has 0 aliphatic heterocycles. The van der Waals surface area contributed by atoms with Crippen LogP contribution in [0.15, 0.2) is 12.2 Å². The van der Waals surface area contributed by atoms with E-state index >= 15 is 0 Å². The van der Waals surface area contributed by atoms with E-state index in [1.165, 1.54) is 38.6 Å². The Hall–Kier alpha value is -0.300. The summed E-state index contributed by atoms with van der Waals surface area (Å²) in [5.41, 5.74) is 0. The summed E-state index contributed by atoms with van der Waals surface area (Å²) in [6, 6.07) is 0.836. The molecule has 1 N–H and O–H groups in total. The molecule has 1 nitrogen and oxygen atoms in total. The maximum absolute atomic E-state index is 3.80. The number of hydrogen-bond acceptors (Lipinski definition) is 1. The fourth-order valence-electron chi connectivity index (χ4n) is 3.84. The smallest absolute Gasteiger partial charge is 0.00698 e. The monoisotopic (exact) mass is 205 g/mol. The minimum atomic E-state index is 0.836. The average Bonchev–Trinajstić information content (AvgIpc) is 2.90. The normalized spacial score (nSPS) is 47.9. The van der Waals surface area contributed by atoms with Gasteiger partial charge < -0.3 is 5.32 Å². The van der Waals surface area contributed by atoms with Gasteiger partial charge in [0.15, 0.2) is 0 Å². The molecule has 0 radical (unpaired) electrons. The minimum Gasteiger partial charge on any atom is -0.314 e. The van der Waals surface area contributed by atoms with Crippen LogP contribution in [0, 0.1) is 23.7 Å². The maximum Gasteiger partial charge on any atom is 0.00698 e. The summed E-state index contributed by atoms with van der Waals surface area (Å²) in [5.74, 6) is 3.77. The van der Waals surface area contributed by atoms with Crippen molar-refractivity contribution in [3.8, 4) is 0 Å². The highest BCUT2D eigenvalue weighted by Crippen LogP contribution is 2.43. The molecule has 15 heavy (non-hydrogen) atoms.